The Hall–Kier alpha value is -5.50. The van der Waals surface area contributed by atoms with Crippen LogP contribution in [0.5, 0.6) is 5.75 Å². The number of nitrogens with zero attached hydrogens (tertiary/aromatic N) is 3. The van der Waals surface area contributed by atoms with Crippen molar-refractivity contribution in [2.45, 2.75) is 6.42 Å². The van der Waals surface area contributed by atoms with E-state index in [4.69, 9.17) is 9.84 Å². The molecular weight excluding hydrogens is 504 g/mol. The van der Waals surface area contributed by atoms with Gasteiger partial charge in [-0.2, -0.15) is 9.78 Å². The van der Waals surface area contributed by atoms with Crippen LogP contribution in [-0.2, 0) is 6.42 Å². The quantitative estimate of drug-likeness (QED) is 0.265. The SMILES string of the molecule is COc1ccc(C2=C(Nc3cccc(C(=O)O)n3)Cc3c(-c4ccccc4)c(-c4ccccc4)nn3C2=O)cc1. The van der Waals surface area contributed by atoms with E-state index in [1.165, 1.54) is 10.7 Å². The van der Waals surface area contributed by atoms with E-state index >= 15 is 0 Å². The highest BCUT2D eigenvalue weighted by molar-refractivity contribution is 6.23. The van der Waals surface area contributed by atoms with Gasteiger partial charge in [0.05, 0.1) is 18.4 Å². The number of pyridine rings is 1. The molecule has 0 saturated heterocycles. The van der Waals surface area contributed by atoms with E-state index in [9.17, 15) is 14.7 Å². The van der Waals surface area contributed by atoms with Crippen molar-refractivity contribution < 1.29 is 19.4 Å². The van der Waals surface area contributed by atoms with E-state index in [0.29, 0.717) is 40.5 Å². The topological polar surface area (TPSA) is 106 Å². The zero-order chi connectivity index (χ0) is 27.6. The van der Waals surface area contributed by atoms with Crippen molar-refractivity contribution in [3.05, 3.63) is 126 Å². The Kier molecular flexibility index (Phi) is 6.41. The molecule has 0 amide bonds. The molecule has 1 aliphatic rings. The molecule has 8 nitrogen and oxygen atoms in total. The van der Waals surface area contributed by atoms with Crippen molar-refractivity contribution in [2.24, 2.45) is 0 Å². The molecule has 0 aliphatic carbocycles. The van der Waals surface area contributed by atoms with Crippen molar-refractivity contribution in [3.8, 4) is 28.1 Å². The van der Waals surface area contributed by atoms with Crippen LogP contribution >= 0.6 is 0 Å². The number of carbonyl (C=O) groups is 2. The Morgan fingerprint density at radius 3 is 2.17 bits per heavy atom. The molecule has 5 aromatic rings. The van der Waals surface area contributed by atoms with Crippen LogP contribution in [0.3, 0.4) is 0 Å². The second-order valence-corrected chi connectivity index (χ2v) is 9.22. The lowest BCUT2D eigenvalue weighted by Gasteiger charge is -2.23. The van der Waals surface area contributed by atoms with Gasteiger partial charge in [0.1, 0.15) is 17.3 Å². The summed E-state index contributed by atoms with van der Waals surface area (Å²) in [5.41, 5.74) is 5.71. The van der Waals surface area contributed by atoms with Crippen molar-refractivity contribution in [3.63, 3.8) is 0 Å². The van der Waals surface area contributed by atoms with Crippen LogP contribution in [0.15, 0.2) is 109 Å². The molecule has 2 N–H and O–H groups in total. The molecule has 3 heterocycles. The molecular formula is C32H24N4O4. The van der Waals surface area contributed by atoms with E-state index in [0.717, 1.165) is 22.4 Å². The number of ether oxygens (including phenoxy) is 1. The summed E-state index contributed by atoms with van der Waals surface area (Å²) in [4.78, 5) is 30.0. The van der Waals surface area contributed by atoms with Gasteiger partial charge in [0, 0.05) is 23.2 Å². The first-order chi connectivity index (χ1) is 19.5. The Balaban J connectivity index is 1.55. The number of allylic oxidation sites excluding steroid dienone is 2. The third-order valence-corrected chi connectivity index (χ3v) is 6.77. The van der Waals surface area contributed by atoms with Gasteiger partial charge in [-0.05, 0) is 35.4 Å². The fourth-order valence-corrected chi connectivity index (χ4v) is 4.92. The maximum absolute atomic E-state index is 14.2. The molecule has 2 aromatic heterocycles. The van der Waals surface area contributed by atoms with Gasteiger partial charge in [-0.15, -0.1) is 0 Å². The van der Waals surface area contributed by atoms with Gasteiger partial charge >= 0.3 is 5.97 Å². The predicted molar refractivity (Wildman–Crippen MR) is 152 cm³/mol. The second-order valence-electron chi connectivity index (χ2n) is 9.22. The molecule has 40 heavy (non-hydrogen) atoms. The molecule has 8 heteroatoms. The van der Waals surface area contributed by atoms with Crippen molar-refractivity contribution >= 4 is 23.3 Å². The smallest absolute Gasteiger partial charge is 0.354 e. The second kappa shape index (κ2) is 10.3. The van der Waals surface area contributed by atoms with E-state index in [-0.39, 0.29) is 11.6 Å². The van der Waals surface area contributed by atoms with Crippen LogP contribution in [0, 0.1) is 0 Å². The number of carboxylic acids is 1. The summed E-state index contributed by atoms with van der Waals surface area (Å²) in [5.74, 6) is -0.450. The van der Waals surface area contributed by atoms with Crippen molar-refractivity contribution in [1.29, 1.82) is 0 Å². The molecule has 6 rings (SSSR count). The molecule has 196 valence electrons. The minimum absolute atomic E-state index is 0.0971. The Labute approximate surface area is 230 Å². The monoisotopic (exact) mass is 528 g/mol. The highest BCUT2D eigenvalue weighted by Crippen LogP contribution is 2.40. The van der Waals surface area contributed by atoms with Gasteiger partial charge in [-0.1, -0.05) is 78.9 Å². The highest BCUT2D eigenvalue weighted by Gasteiger charge is 2.33. The van der Waals surface area contributed by atoms with Crippen LogP contribution in [0.2, 0.25) is 0 Å². The van der Waals surface area contributed by atoms with E-state index < -0.39 is 5.97 Å². The molecule has 3 aromatic carbocycles. The Morgan fingerprint density at radius 1 is 0.850 bits per heavy atom. The Bertz CT molecular complexity index is 1760. The molecule has 1 aliphatic heterocycles. The molecule has 0 bridgehead atoms. The largest absolute Gasteiger partial charge is 0.497 e. The molecule has 0 radical (unpaired) electrons. The number of benzene rings is 3. The van der Waals surface area contributed by atoms with Crippen LogP contribution in [0.25, 0.3) is 28.0 Å². The number of nitrogens with one attached hydrogen (secondary N) is 1. The van der Waals surface area contributed by atoms with Gasteiger partial charge in [-0.3, -0.25) is 4.79 Å². The number of rotatable bonds is 7. The van der Waals surface area contributed by atoms with Crippen LogP contribution in [0.1, 0.15) is 26.5 Å². The number of carboxylic acid groups (broad SMARTS) is 1. The number of methoxy groups -OCH3 is 1. The number of aromatic carboxylic acids is 1. The van der Waals surface area contributed by atoms with Crippen LogP contribution in [-0.4, -0.2) is 38.9 Å². The molecule has 0 atom stereocenters. The van der Waals surface area contributed by atoms with E-state index in [2.05, 4.69) is 10.3 Å². The molecule has 0 saturated carbocycles. The lowest BCUT2D eigenvalue weighted by Crippen LogP contribution is -2.27. The average molecular weight is 529 g/mol. The molecule has 0 unspecified atom stereocenters. The maximum Gasteiger partial charge on any atom is 0.354 e. The first-order valence-corrected chi connectivity index (χ1v) is 12.7. The van der Waals surface area contributed by atoms with Gasteiger partial charge in [0.2, 0.25) is 0 Å². The third-order valence-electron chi connectivity index (χ3n) is 6.77. The summed E-state index contributed by atoms with van der Waals surface area (Å²) in [6, 6.07) is 31.6. The molecule has 0 fully saturated rings. The first kappa shape index (κ1) is 24.8. The minimum atomic E-state index is -1.13. The number of anilines is 1. The summed E-state index contributed by atoms with van der Waals surface area (Å²) in [7, 11) is 1.58. The fourth-order valence-electron chi connectivity index (χ4n) is 4.92. The van der Waals surface area contributed by atoms with Crippen molar-refractivity contribution in [1.82, 2.24) is 14.8 Å². The number of fused-ring (bicyclic) bond motifs is 1. The lowest BCUT2D eigenvalue weighted by molar-refractivity contribution is 0.0690. The van der Waals surface area contributed by atoms with Gasteiger partial charge in [-0.25, -0.2) is 9.78 Å². The zero-order valence-corrected chi connectivity index (χ0v) is 21.5. The highest BCUT2D eigenvalue weighted by atomic mass is 16.5. The zero-order valence-electron chi connectivity index (χ0n) is 21.5. The van der Waals surface area contributed by atoms with Crippen LogP contribution in [0.4, 0.5) is 5.82 Å². The van der Waals surface area contributed by atoms with Crippen molar-refractivity contribution in [2.75, 3.05) is 12.4 Å². The van der Waals surface area contributed by atoms with E-state index in [1.54, 1.807) is 31.4 Å². The number of carbonyl (C=O) groups excluding carboxylic acids is 1. The van der Waals surface area contributed by atoms with Gasteiger partial charge < -0.3 is 15.2 Å². The maximum atomic E-state index is 14.2. The predicted octanol–water partition coefficient (Wildman–Crippen LogP) is 6.04. The normalized spacial score (nSPS) is 12.7. The number of hydrogen-bond donors (Lipinski definition) is 2. The summed E-state index contributed by atoms with van der Waals surface area (Å²) in [6.07, 6.45) is 0.330. The number of aromatic nitrogens is 3. The third kappa shape index (κ3) is 4.52. The Morgan fingerprint density at radius 2 is 1.52 bits per heavy atom. The fraction of sp³-hybridized carbons (Fsp3) is 0.0625. The van der Waals surface area contributed by atoms with Gasteiger partial charge in [0.25, 0.3) is 5.91 Å². The summed E-state index contributed by atoms with van der Waals surface area (Å²) >= 11 is 0. The van der Waals surface area contributed by atoms with E-state index in [1.807, 2.05) is 72.8 Å². The van der Waals surface area contributed by atoms with Gasteiger partial charge in [0.15, 0.2) is 5.69 Å². The summed E-state index contributed by atoms with van der Waals surface area (Å²) < 4.78 is 6.80. The summed E-state index contributed by atoms with van der Waals surface area (Å²) in [5, 5.41) is 17.6. The molecule has 0 spiro atoms. The van der Waals surface area contributed by atoms with Crippen LogP contribution < -0.4 is 10.1 Å². The minimum Gasteiger partial charge on any atom is -0.497 e. The number of hydrogen-bond acceptors (Lipinski definition) is 6. The summed E-state index contributed by atoms with van der Waals surface area (Å²) in [6.45, 7) is 0. The average Bonchev–Trinajstić information content (AvgIpc) is 3.38. The first-order valence-electron chi connectivity index (χ1n) is 12.7. The lowest BCUT2D eigenvalue weighted by atomic mass is 9.92. The standard InChI is InChI=1S/C32H24N4O4/c1-40-23-17-15-21(16-18-23)28-25(34-27-14-8-13-24(33-27)32(38)39)19-26-29(20-9-4-2-5-10-20)30(35-36(26)31(28)37)22-11-6-3-7-12-22/h2-18H,19H2,1H3,(H,33,34)(H,38,39).